The zero-order chi connectivity index (χ0) is 17.4. The lowest BCUT2D eigenvalue weighted by Gasteiger charge is -2.17. The smallest absolute Gasteiger partial charge is 0.253 e. The van der Waals surface area contributed by atoms with Crippen molar-refractivity contribution >= 4 is 16.8 Å². The fraction of sp³-hybridized carbons (Fsp3) is 0.400. The number of hydrogen-bond donors (Lipinski definition) is 1. The van der Waals surface area contributed by atoms with Gasteiger partial charge in [0.25, 0.3) is 5.91 Å². The Bertz CT molecular complexity index is 921. The molecule has 0 radical (unpaired) electrons. The number of carbonyl (C=O) groups is 1. The number of nitrogens with one attached hydrogen (secondary N) is 1. The van der Waals surface area contributed by atoms with Crippen LogP contribution in [0.25, 0.3) is 10.9 Å². The SMILES string of the molecule is CN(CCc1cnn(C)c1)C(=O)c1ccc2[nH]c3c(c2c1)CCCC3. The van der Waals surface area contributed by atoms with E-state index in [-0.39, 0.29) is 5.91 Å². The quantitative estimate of drug-likeness (QED) is 0.796. The number of rotatable bonds is 4. The van der Waals surface area contributed by atoms with E-state index in [0.29, 0.717) is 6.54 Å². The number of hydrogen-bond acceptors (Lipinski definition) is 2. The number of carbonyl (C=O) groups excluding carboxylic acids is 1. The second-order valence-electron chi connectivity index (χ2n) is 7.05. The summed E-state index contributed by atoms with van der Waals surface area (Å²) in [5, 5.41) is 5.40. The third-order valence-corrected chi connectivity index (χ3v) is 5.19. The Hall–Kier alpha value is -2.56. The average Bonchev–Trinajstić information content (AvgIpc) is 3.21. The van der Waals surface area contributed by atoms with E-state index < -0.39 is 0 Å². The van der Waals surface area contributed by atoms with Gasteiger partial charge in [0.1, 0.15) is 0 Å². The molecule has 0 fully saturated rings. The van der Waals surface area contributed by atoms with Gasteiger partial charge >= 0.3 is 0 Å². The summed E-state index contributed by atoms with van der Waals surface area (Å²) in [5.74, 6) is 0.0801. The molecular formula is C20H24N4O. The molecule has 130 valence electrons. The number of aromatic amines is 1. The van der Waals surface area contributed by atoms with Gasteiger partial charge in [0.2, 0.25) is 0 Å². The van der Waals surface area contributed by atoms with Crippen molar-refractivity contribution in [1.82, 2.24) is 19.7 Å². The van der Waals surface area contributed by atoms with Crippen LogP contribution in [0.1, 0.15) is 40.0 Å². The van der Waals surface area contributed by atoms with Gasteiger partial charge in [-0.3, -0.25) is 9.48 Å². The number of aromatic nitrogens is 3. The predicted octanol–water partition coefficient (Wildman–Crippen LogP) is 3.09. The molecule has 1 N–H and O–H groups in total. The van der Waals surface area contributed by atoms with Crippen molar-refractivity contribution in [2.24, 2.45) is 7.05 Å². The largest absolute Gasteiger partial charge is 0.358 e. The van der Waals surface area contributed by atoms with Crippen molar-refractivity contribution in [3.63, 3.8) is 0 Å². The zero-order valence-electron chi connectivity index (χ0n) is 14.9. The molecule has 5 heteroatoms. The molecule has 0 unspecified atom stereocenters. The fourth-order valence-electron chi connectivity index (χ4n) is 3.76. The Morgan fingerprint density at radius 2 is 2.16 bits per heavy atom. The van der Waals surface area contributed by atoms with E-state index in [4.69, 9.17) is 0 Å². The van der Waals surface area contributed by atoms with Crippen molar-refractivity contribution in [3.05, 3.63) is 53.0 Å². The van der Waals surface area contributed by atoms with E-state index in [9.17, 15) is 4.79 Å². The second kappa shape index (κ2) is 6.39. The normalized spacial score (nSPS) is 13.8. The molecule has 1 aliphatic carbocycles. The molecule has 1 aromatic carbocycles. The van der Waals surface area contributed by atoms with E-state index in [1.807, 2.05) is 32.6 Å². The van der Waals surface area contributed by atoms with Crippen LogP contribution in [-0.4, -0.2) is 39.2 Å². The van der Waals surface area contributed by atoms with Crippen LogP contribution in [0, 0.1) is 0 Å². The number of amides is 1. The van der Waals surface area contributed by atoms with Gasteiger partial charge in [-0.25, -0.2) is 0 Å². The first kappa shape index (κ1) is 15.9. The maximum Gasteiger partial charge on any atom is 0.253 e. The van der Waals surface area contributed by atoms with Crippen LogP contribution in [-0.2, 0) is 26.3 Å². The molecule has 0 spiro atoms. The molecule has 0 atom stereocenters. The lowest BCUT2D eigenvalue weighted by Crippen LogP contribution is -2.28. The summed E-state index contributed by atoms with van der Waals surface area (Å²) < 4.78 is 1.79. The molecule has 0 saturated heterocycles. The summed E-state index contributed by atoms with van der Waals surface area (Å²) in [7, 11) is 3.78. The molecular weight excluding hydrogens is 312 g/mol. The van der Waals surface area contributed by atoms with Crippen molar-refractivity contribution in [2.45, 2.75) is 32.1 Å². The molecule has 2 heterocycles. The Morgan fingerprint density at radius 1 is 1.32 bits per heavy atom. The van der Waals surface area contributed by atoms with Gasteiger partial charge in [0.05, 0.1) is 6.20 Å². The van der Waals surface area contributed by atoms with Crippen molar-refractivity contribution in [2.75, 3.05) is 13.6 Å². The van der Waals surface area contributed by atoms with E-state index in [2.05, 4.69) is 22.2 Å². The van der Waals surface area contributed by atoms with Crippen LogP contribution in [0.3, 0.4) is 0 Å². The maximum atomic E-state index is 12.8. The van der Waals surface area contributed by atoms with Crippen LogP contribution >= 0.6 is 0 Å². The minimum Gasteiger partial charge on any atom is -0.358 e. The summed E-state index contributed by atoms with van der Waals surface area (Å²) in [6.07, 6.45) is 9.40. The van der Waals surface area contributed by atoms with Crippen LogP contribution in [0.15, 0.2) is 30.6 Å². The first-order valence-corrected chi connectivity index (χ1v) is 8.98. The Labute approximate surface area is 147 Å². The highest BCUT2D eigenvalue weighted by atomic mass is 16.2. The van der Waals surface area contributed by atoms with E-state index >= 15 is 0 Å². The van der Waals surface area contributed by atoms with Gasteiger partial charge in [-0.15, -0.1) is 0 Å². The van der Waals surface area contributed by atoms with Gasteiger partial charge in [0, 0.05) is 49.0 Å². The first-order chi connectivity index (χ1) is 12.1. The Balaban J connectivity index is 1.52. The number of benzene rings is 1. The molecule has 0 aliphatic heterocycles. The lowest BCUT2D eigenvalue weighted by atomic mass is 9.95. The highest BCUT2D eigenvalue weighted by Gasteiger charge is 2.18. The fourth-order valence-corrected chi connectivity index (χ4v) is 3.76. The highest BCUT2D eigenvalue weighted by molar-refractivity contribution is 5.99. The molecule has 3 aromatic rings. The highest BCUT2D eigenvalue weighted by Crippen LogP contribution is 2.29. The van der Waals surface area contributed by atoms with Crippen molar-refractivity contribution in [1.29, 1.82) is 0 Å². The van der Waals surface area contributed by atoms with E-state index in [1.54, 1.807) is 9.58 Å². The Morgan fingerprint density at radius 3 is 2.96 bits per heavy atom. The summed E-state index contributed by atoms with van der Waals surface area (Å²) in [6, 6.07) is 6.06. The van der Waals surface area contributed by atoms with Gasteiger partial charge < -0.3 is 9.88 Å². The molecule has 2 aromatic heterocycles. The Kier molecular flexibility index (Phi) is 4.07. The molecule has 1 amide bonds. The first-order valence-electron chi connectivity index (χ1n) is 8.98. The van der Waals surface area contributed by atoms with Gasteiger partial charge in [-0.05, 0) is 61.4 Å². The molecule has 0 bridgehead atoms. The topological polar surface area (TPSA) is 53.9 Å². The average molecular weight is 336 g/mol. The van der Waals surface area contributed by atoms with E-state index in [1.165, 1.54) is 29.5 Å². The van der Waals surface area contributed by atoms with Gasteiger partial charge in [-0.2, -0.15) is 5.10 Å². The minimum atomic E-state index is 0.0801. The molecule has 5 nitrogen and oxygen atoms in total. The molecule has 1 aliphatic rings. The second-order valence-corrected chi connectivity index (χ2v) is 7.05. The number of likely N-dealkylation sites (N-methyl/N-ethyl adjacent to an activating group) is 1. The number of nitrogens with zero attached hydrogens (tertiary/aromatic N) is 3. The minimum absolute atomic E-state index is 0.0801. The zero-order valence-corrected chi connectivity index (χ0v) is 14.9. The van der Waals surface area contributed by atoms with Crippen LogP contribution < -0.4 is 0 Å². The summed E-state index contributed by atoms with van der Waals surface area (Å²) >= 11 is 0. The monoisotopic (exact) mass is 336 g/mol. The molecule has 0 saturated carbocycles. The van der Waals surface area contributed by atoms with Crippen molar-refractivity contribution in [3.8, 4) is 0 Å². The third kappa shape index (κ3) is 3.06. The summed E-state index contributed by atoms with van der Waals surface area (Å²) in [6.45, 7) is 0.688. The van der Waals surface area contributed by atoms with Gasteiger partial charge in [0.15, 0.2) is 0 Å². The summed E-state index contributed by atoms with van der Waals surface area (Å²) in [5.41, 5.74) is 5.84. The number of H-pyrrole nitrogens is 1. The maximum absolute atomic E-state index is 12.8. The van der Waals surface area contributed by atoms with Crippen LogP contribution in [0.5, 0.6) is 0 Å². The summed E-state index contributed by atoms with van der Waals surface area (Å²) in [4.78, 5) is 18.1. The standard InChI is InChI=1S/C20H24N4O/c1-23(10-9-14-12-21-24(2)13-14)20(25)15-7-8-19-17(11-15)16-5-3-4-6-18(16)22-19/h7-8,11-13,22H,3-6,9-10H2,1-2H3. The predicted molar refractivity (Wildman–Crippen MR) is 98.8 cm³/mol. The van der Waals surface area contributed by atoms with Gasteiger partial charge in [-0.1, -0.05) is 0 Å². The molecule has 25 heavy (non-hydrogen) atoms. The van der Waals surface area contributed by atoms with Crippen molar-refractivity contribution < 1.29 is 4.79 Å². The third-order valence-electron chi connectivity index (χ3n) is 5.19. The van der Waals surface area contributed by atoms with E-state index in [0.717, 1.165) is 35.9 Å². The number of fused-ring (bicyclic) bond motifs is 3. The van der Waals surface area contributed by atoms with Crippen LogP contribution in [0.2, 0.25) is 0 Å². The lowest BCUT2D eigenvalue weighted by molar-refractivity contribution is 0.0797. The van der Waals surface area contributed by atoms with Crippen LogP contribution in [0.4, 0.5) is 0 Å². The number of aryl methyl sites for hydroxylation is 3. The molecule has 4 rings (SSSR count).